The van der Waals surface area contributed by atoms with Gasteiger partial charge in [0.2, 0.25) is 0 Å². The van der Waals surface area contributed by atoms with Crippen molar-refractivity contribution in [3.8, 4) is 0 Å². The van der Waals surface area contributed by atoms with Gasteiger partial charge in [-0.15, -0.1) is 11.3 Å². The normalized spacial score (nSPS) is 15.7. The van der Waals surface area contributed by atoms with E-state index in [2.05, 4.69) is 36.9 Å². The van der Waals surface area contributed by atoms with Crippen molar-refractivity contribution in [3.63, 3.8) is 0 Å². The molecule has 29 heavy (non-hydrogen) atoms. The first-order valence-electron chi connectivity index (χ1n) is 10.2. The van der Waals surface area contributed by atoms with Gasteiger partial charge in [-0.25, -0.2) is 9.48 Å². The molecule has 3 rings (SSSR count). The van der Waals surface area contributed by atoms with Crippen molar-refractivity contribution in [2.24, 2.45) is 0 Å². The second kappa shape index (κ2) is 8.61. The number of rotatable bonds is 6. The summed E-state index contributed by atoms with van der Waals surface area (Å²) in [6, 6.07) is 3.36. The lowest BCUT2D eigenvalue weighted by Gasteiger charge is -2.29. The molecule has 2 aromatic heterocycles. The fourth-order valence-corrected chi connectivity index (χ4v) is 4.94. The summed E-state index contributed by atoms with van der Waals surface area (Å²) in [5.41, 5.74) is 0.826. The van der Waals surface area contributed by atoms with Crippen LogP contribution < -0.4 is 0 Å². The second-order valence-electron chi connectivity index (χ2n) is 9.77. The van der Waals surface area contributed by atoms with E-state index in [4.69, 9.17) is 9.47 Å². The van der Waals surface area contributed by atoms with Gasteiger partial charge < -0.3 is 14.4 Å². The molecule has 2 aromatic rings. The molecule has 0 spiro atoms. The zero-order valence-corrected chi connectivity index (χ0v) is 20.3. The molecule has 0 aliphatic carbocycles. The molecule has 0 aromatic carbocycles. The van der Waals surface area contributed by atoms with Crippen LogP contribution in [0.2, 0.25) is 25.7 Å². The quantitative estimate of drug-likeness (QED) is 0.448. The summed E-state index contributed by atoms with van der Waals surface area (Å²) in [7, 11) is -1.08. The van der Waals surface area contributed by atoms with E-state index >= 15 is 0 Å². The molecule has 1 aliphatic heterocycles. The van der Waals surface area contributed by atoms with Crippen LogP contribution in [0.25, 0.3) is 15.8 Å². The van der Waals surface area contributed by atoms with Gasteiger partial charge in [0.05, 0.1) is 6.20 Å². The van der Waals surface area contributed by atoms with Crippen molar-refractivity contribution >= 4 is 41.3 Å². The van der Waals surface area contributed by atoms with Crippen LogP contribution in [0, 0.1) is 0 Å². The van der Waals surface area contributed by atoms with Gasteiger partial charge in [0.15, 0.2) is 0 Å². The molecular weight excluding hydrogens is 402 g/mol. The number of fused-ring (bicyclic) bond motifs is 1. The van der Waals surface area contributed by atoms with E-state index in [1.165, 1.54) is 10.5 Å². The van der Waals surface area contributed by atoms with E-state index in [0.29, 0.717) is 19.8 Å². The molecule has 0 saturated carbocycles. The number of nitrogens with zero attached hydrogens (tertiary/aromatic N) is 3. The monoisotopic (exact) mass is 435 g/mol. The third kappa shape index (κ3) is 6.17. The van der Waals surface area contributed by atoms with E-state index in [1.54, 1.807) is 16.2 Å². The Bertz CT molecular complexity index is 889. The van der Waals surface area contributed by atoms with Gasteiger partial charge in [0.1, 0.15) is 17.2 Å². The predicted molar refractivity (Wildman–Crippen MR) is 122 cm³/mol. The van der Waals surface area contributed by atoms with Crippen LogP contribution in [-0.2, 0) is 16.2 Å². The lowest BCUT2D eigenvalue weighted by Crippen LogP contribution is -2.39. The lowest BCUT2D eigenvalue weighted by atomic mass is 10.1. The highest BCUT2D eigenvalue weighted by Gasteiger charge is 2.24. The van der Waals surface area contributed by atoms with Gasteiger partial charge in [-0.05, 0) is 44.9 Å². The van der Waals surface area contributed by atoms with Crippen LogP contribution >= 0.6 is 11.3 Å². The minimum absolute atomic E-state index is 0.241. The second-order valence-corrected chi connectivity index (χ2v) is 16.4. The standard InChI is InChI=1S/C21H33N3O3SSi/c1-21(2,3)27-20(25)23-9-7-16(8-10-23)18-13-17-14-22-24(19(17)28-18)15-26-11-12-29(4,5)6/h7,13-14H,8-12,15H2,1-6H3. The summed E-state index contributed by atoms with van der Waals surface area (Å²) in [4.78, 5) is 16.4. The molecule has 0 bridgehead atoms. The summed E-state index contributed by atoms with van der Waals surface area (Å²) >= 11 is 1.75. The first-order valence-corrected chi connectivity index (χ1v) is 14.7. The van der Waals surface area contributed by atoms with Crippen LogP contribution in [0.15, 0.2) is 18.3 Å². The highest BCUT2D eigenvalue weighted by molar-refractivity contribution is 7.19. The van der Waals surface area contributed by atoms with Gasteiger partial charge in [-0.3, -0.25) is 0 Å². The molecular formula is C21H33N3O3SSi. The maximum atomic E-state index is 12.2. The summed E-state index contributed by atoms with van der Waals surface area (Å²) < 4.78 is 13.3. The van der Waals surface area contributed by atoms with Crippen LogP contribution in [0.3, 0.4) is 0 Å². The van der Waals surface area contributed by atoms with Gasteiger partial charge in [-0.2, -0.15) is 5.10 Å². The average molecular weight is 436 g/mol. The molecule has 8 heteroatoms. The largest absolute Gasteiger partial charge is 0.444 e. The number of thiophene rings is 1. The Labute approximate surface area is 178 Å². The van der Waals surface area contributed by atoms with Crippen molar-refractivity contribution in [2.45, 2.75) is 65.2 Å². The topological polar surface area (TPSA) is 56.6 Å². The molecule has 0 N–H and O–H groups in total. The van der Waals surface area contributed by atoms with Crippen molar-refractivity contribution in [3.05, 3.63) is 23.2 Å². The fraction of sp³-hybridized carbons (Fsp3) is 0.619. The number of hydrogen-bond donors (Lipinski definition) is 0. The maximum Gasteiger partial charge on any atom is 0.410 e. The van der Waals surface area contributed by atoms with E-state index < -0.39 is 13.7 Å². The fourth-order valence-electron chi connectivity index (χ4n) is 3.04. The third-order valence-electron chi connectivity index (χ3n) is 4.70. The van der Waals surface area contributed by atoms with Crippen molar-refractivity contribution in [1.29, 1.82) is 0 Å². The minimum Gasteiger partial charge on any atom is -0.444 e. The Hall–Kier alpha value is -1.64. The molecule has 0 radical (unpaired) electrons. The Morgan fingerprint density at radius 1 is 1.31 bits per heavy atom. The summed E-state index contributed by atoms with van der Waals surface area (Å²) in [5.74, 6) is 0. The highest BCUT2D eigenvalue weighted by Crippen LogP contribution is 2.33. The molecule has 0 atom stereocenters. The Balaban J connectivity index is 1.61. The van der Waals surface area contributed by atoms with Gasteiger partial charge in [-0.1, -0.05) is 25.7 Å². The van der Waals surface area contributed by atoms with Gasteiger partial charge >= 0.3 is 6.09 Å². The zero-order chi connectivity index (χ0) is 21.2. The van der Waals surface area contributed by atoms with Crippen LogP contribution in [-0.4, -0.2) is 54.1 Å². The maximum absolute atomic E-state index is 12.2. The average Bonchev–Trinajstić information content (AvgIpc) is 3.18. The Morgan fingerprint density at radius 2 is 2.07 bits per heavy atom. The number of ether oxygens (including phenoxy) is 2. The Morgan fingerprint density at radius 3 is 2.69 bits per heavy atom. The number of hydrogen-bond acceptors (Lipinski definition) is 5. The Kier molecular flexibility index (Phi) is 6.55. The molecule has 6 nitrogen and oxygen atoms in total. The number of carbonyl (C=O) groups is 1. The summed E-state index contributed by atoms with van der Waals surface area (Å²) in [6.45, 7) is 15.3. The molecule has 3 heterocycles. The van der Waals surface area contributed by atoms with Gasteiger partial charge in [0, 0.05) is 38.0 Å². The van der Waals surface area contributed by atoms with Crippen molar-refractivity contribution < 1.29 is 14.3 Å². The number of aromatic nitrogens is 2. The molecule has 0 saturated heterocycles. The molecule has 1 amide bonds. The lowest BCUT2D eigenvalue weighted by molar-refractivity contribution is 0.0270. The number of carbonyl (C=O) groups excluding carboxylic acids is 1. The molecule has 0 unspecified atom stereocenters. The minimum atomic E-state index is -1.08. The van der Waals surface area contributed by atoms with Crippen LogP contribution in [0.4, 0.5) is 4.79 Å². The third-order valence-corrected chi connectivity index (χ3v) is 7.64. The van der Waals surface area contributed by atoms with Crippen LogP contribution in [0.1, 0.15) is 32.1 Å². The number of amides is 1. The first kappa shape index (κ1) is 22.1. The van der Waals surface area contributed by atoms with E-state index in [-0.39, 0.29) is 6.09 Å². The SMILES string of the molecule is CC(C)(C)OC(=O)N1CC=C(c2cc3cnn(COCC[Si](C)(C)C)c3s2)CC1. The van der Waals surface area contributed by atoms with E-state index in [9.17, 15) is 4.79 Å². The summed E-state index contributed by atoms with van der Waals surface area (Å²) in [5, 5.41) is 5.62. The predicted octanol–water partition coefficient (Wildman–Crippen LogP) is 5.43. The summed E-state index contributed by atoms with van der Waals surface area (Å²) in [6.07, 6.45) is 4.64. The van der Waals surface area contributed by atoms with Gasteiger partial charge in [0.25, 0.3) is 0 Å². The van der Waals surface area contributed by atoms with E-state index in [0.717, 1.165) is 29.3 Å². The smallest absolute Gasteiger partial charge is 0.410 e. The first-order chi connectivity index (χ1) is 13.5. The highest BCUT2D eigenvalue weighted by atomic mass is 32.1. The van der Waals surface area contributed by atoms with Crippen LogP contribution in [0.5, 0.6) is 0 Å². The van der Waals surface area contributed by atoms with Crippen molar-refractivity contribution in [1.82, 2.24) is 14.7 Å². The van der Waals surface area contributed by atoms with E-state index in [1.807, 2.05) is 31.6 Å². The van der Waals surface area contributed by atoms with Crippen molar-refractivity contribution in [2.75, 3.05) is 19.7 Å². The molecule has 160 valence electrons. The molecule has 1 aliphatic rings. The molecule has 0 fully saturated rings. The zero-order valence-electron chi connectivity index (χ0n) is 18.4.